The number of hydrogen-bond donors (Lipinski definition) is 0. The van der Waals surface area contributed by atoms with Crippen molar-refractivity contribution in [3.05, 3.63) is 97.1 Å². The van der Waals surface area contributed by atoms with E-state index in [4.69, 9.17) is 4.98 Å². The zero-order valence-corrected chi connectivity index (χ0v) is 25.0. The largest absolute Gasteiger partial charge is 0.331 e. The molecule has 0 bridgehead atoms. The van der Waals surface area contributed by atoms with Gasteiger partial charge in [0.2, 0.25) is 5.95 Å². The maximum Gasteiger partial charge on any atom is 0.263 e. The Labute approximate surface area is 244 Å². The second-order valence-electron chi connectivity index (χ2n) is 10.6. The molecule has 1 amide bonds. The summed E-state index contributed by atoms with van der Waals surface area (Å²) in [7, 11) is 0. The first kappa shape index (κ1) is 27.1. The predicted octanol–water partition coefficient (Wildman–Crippen LogP) is 5.20. The summed E-state index contributed by atoms with van der Waals surface area (Å²) < 4.78 is 21.4. The Morgan fingerprint density at radius 2 is 1.93 bits per heavy atom. The summed E-state index contributed by atoms with van der Waals surface area (Å²) in [5.41, 5.74) is 4.81. The molecule has 0 saturated heterocycles. The number of carbonyl (C=O) groups excluding carboxylic acids is 1. The summed E-state index contributed by atoms with van der Waals surface area (Å²) in [6.45, 7) is 10.3. The number of amides is 1. The summed E-state index contributed by atoms with van der Waals surface area (Å²) in [5, 5.41) is 4.57. The average Bonchev–Trinajstić information content (AvgIpc) is 3.50. The van der Waals surface area contributed by atoms with E-state index in [1.54, 1.807) is 28.0 Å². The molecular formula is C30H29BrFN7O2. The maximum atomic E-state index is 15.8. The first-order chi connectivity index (χ1) is 19.6. The normalized spacial score (nSPS) is 15.0. The van der Waals surface area contributed by atoms with E-state index in [9.17, 15) is 9.59 Å². The average molecular weight is 619 g/mol. The van der Waals surface area contributed by atoms with Gasteiger partial charge < -0.3 is 9.47 Å². The van der Waals surface area contributed by atoms with Crippen molar-refractivity contribution in [3.8, 4) is 11.6 Å². The number of nitrogens with zero attached hydrogens (tertiary/aromatic N) is 7. The van der Waals surface area contributed by atoms with Gasteiger partial charge in [0.05, 0.1) is 41.0 Å². The molecule has 4 heterocycles. The lowest BCUT2D eigenvalue weighted by Gasteiger charge is -2.34. The van der Waals surface area contributed by atoms with E-state index < -0.39 is 5.82 Å². The van der Waals surface area contributed by atoms with Gasteiger partial charge >= 0.3 is 0 Å². The highest BCUT2D eigenvalue weighted by Crippen LogP contribution is 2.28. The summed E-state index contributed by atoms with van der Waals surface area (Å²) in [6, 6.07) is 10.1. The van der Waals surface area contributed by atoms with E-state index in [2.05, 4.69) is 26.0 Å². The van der Waals surface area contributed by atoms with E-state index in [1.165, 1.54) is 10.6 Å². The highest BCUT2D eigenvalue weighted by Gasteiger charge is 2.33. The van der Waals surface area contributed by atoms with Gasteiger partial charge in [-0.25, -0.2) is 23.6 Å². The number of benzene rings is 2. The Morgan fingerprint density at radius 1 is 1.15 bits per heavy atom. The number of halogens is 2. The fraction of sp³-hybridized carbons (Fsp3) is 0.300. The molecule has 2 aromatic carbocycles. The topological polar surface area (TPSA) is 90.8 Å². The monoisotopic (exact) mass is 617 g/mol. The maximum absolute atomic E-state index is 15.8. The minimum absolute atomic E-state index is 0.0539. The van der Waals surface area contributed by atoms with Gasteiger partial charge in [-0.2, -0.15) is 5.10 Å². The van der Waals surface area contributed by atoms with Gasteiger partial charge in [-0.05, 0) is 76.9 Å². The van der Waals surface area contributed by atoms with E-state index in [-0.39, 0.29) is 42.1 Å². The highest BCUT2D eigenvalue weighted by atomic mass is 79.9. The van der Waals surface area contributed by atoms with E-state index >= 15 is 4.39 Å². The molecule has 0 fully saturated rings. The third kappa shape index (κ3) is 4.48. The van der Waals surface area contributed by atoms with Crippen molar-refractivity contribution in [2.45, 2.75) is 60.2 Å². The molecule has 0 aliphatic carbocycles. The fourth-order valence-electron chi connectivity index (χ4n) is 5.54. The number of hydrogen-bond acceptors (Lipinski definition) is 5. The summed E-state index contributed by atoms with van der Waals surface area (Å²) >= 11 is 3.49. The lowest BCUT2D eigenvalue weighted by molar-refractivity contribution is 0.0652. The number of aryl methyl sites for hydroxylation is 4. The van der Waals surface area contributed by atoms with E-state index in [0.29, 0.717) is 34.4 Å². The second kappa shape index (κ2) is 10.1. The zero-order valence-electron chi connectivity index (χ0n) is 23.4. The van der Waals surface area contributed by atoms with Gasteiger partial charge in [0.1, 0.15) is 5.82 Å². The van der Waals surface area contributed by atoms with Crippen molar-refractivity contribution in [2.75, 3.05) is 0 Å². The molecule has 5 aromatic rings. The number of rotatable bonds is 4. The van der Waals surface area contributed by atoms with Crippen LogP contribution in [-0.2, 0) is 19.5 Å². The molecule has 0 spiro atoms. The van der Waals surface area contributed by atoms with Crippen LogP contribution in [0.3, 0.4) is 0 Å². The molecule has 9 nitrogen and oxygen atoms in total. The van der Waals surface area contributed by atoms with Gasteiger partial charge in [-0.15, -0.1) is 0 Å². The van der Waals surface area contributed by atoms with Crippen LogP contribution in [0.2, 0.25) is 0 Å². The molecule has 1 aliphatic rings. The minimum atomic E-state index is -0.564. The molecular weight excluding hydrogens is 589 g/mol. The lowest BCUT2D eigenvalue weighted by atomic mass is 9.98. The number of imidazole rings is 1. The third-order valence-electron chi connectivity index (χ3n) is 7.73. The Hall–Kier alpha value is -4.12. The molecule has 0 saturated carbocycles. The Kier molecular flexibility index (Phi) is 6.64. The number of fused-ring (bicyclic) bond motifs is 2. The highest BCUT2D eigenvalue weighted by molar-refractivity contribution is 9.10. The van der Waals surface area contributed by atoms with Crippen molar-refractivity contribution in [2.24, 2.45) is 0 Å². The summed E-state index contributed by atoms with van der Waals surface area (Å²) in [4.78, 5) is 38.9. The standard InChI is InChI=1S/C30H29BrFN7O2/c1-6-36-15-33-24-13-26(23(32)12-27(24)36)38-29(41)21-11-18(4)37(28(40)20-7-8-22(31)16(2)9-20)14-25(21)34-30(38)39-19(5)10-17(3)35-39/h7-10,12-13,15,18H,6,11,14H2,1-5H3. The van der Waals surface area contributed by atoms with Crippen molar-refractivity contribution >= 4 is 32.9 Å². The van der Waals surface area contributed by atoms with Crippen molar-refractivity contribution < 1.29 is 9.18 Å². The zero-order chi connectivity index (χ0) is 29.2. The van der Waals surface area contributed by atoms with Crippen LogP contribution in [0.5, 0.6) is 0 Å². The molecule has 1 atom stereocenters. The summed E-state index contributed by atoms with van der Waals surface area (Å²) in [6.07, 6.45) is 1.94. The predicted molar refractivity (Wildman–Crippen MR) is 157 cm³/mol. The molecule has 210 valence electrons. The molecule has 1 unspecified atom stereocenters. The first-order valence-electron chi connectivity index (χ1n) is 13.5. The lowest BCUT2D eigenvalue weighted by Crippen LogP contribution is -2.46. The Morgan fingerprint density at radius 3 is 2.61 bits per heavy atom. The van der Waals surface area contributed by atoms with Gasteiger partial charge in [0.15, 0.2) is 0 Å². The van der Waals surface area contributed by atoms with Gasteiger partial charge in [0, 0.05) is 39.9 Å². The van der Waals surface area contributed by atoms with Crippen molar-refractivity contribution in [1.29, 1.82) is 0 Å². The van der Waals surface area contributed by atoms with Crippen LogP contribution in [0.1, 0.15) is 52.4 Å². The summed E-state index contributed by atoms with van der Waals surface area (Å²) in [5.74, 6) is -0.542. The van der Waals surface area contributed by atoms with Crippen LogP contribution in [0.25, 0.3) is 22.7 Å². The van der Waals surface area contributed by atoms with Crippen LogP contribution >= 0.6 is 15.9 Å². The first-order valence-corrected chi connectivity index (χ1v) is 14.3. The molecule has 41 heavy (non-hydrogen) atoms. The molecule has 11 heteroatoms. The van der Waals surface area contributed by atoms with Gasteiger partial charge in [0.25, 0.3) is 11.5 Å². The Bertz CT molecular complexity index is 1920. The third-order valence-corrected chi connectivity index (χ3v) is 8.62. The quantitative estimate of drug-likeness (QED) is 0.276. The smallest absolute Gasteiger partial charge is 0.263 e. The van der Waals surface area contributed by atoms with Gasteiger partial charge in [-0.1, -0.05) is 15.9 Å². The van der Waals surface area contributed by atoms with Crippen molar-refractivity contribution in [3.63, 3.8) is 0 Å². The number of carbonyl (C=O) groups is 1. The van der Waals surface area contributed by atoms with Crippen molar-refractivity contribution in [1.82, 2.24) is 33.8 Å². The SMILES string of the molecule is CCn1cnc2cc(-n3c(-n4nc(C)cc4C)nc4c(c3=O)CC(C)N(C(=O)c3ccc(Br)c(C)c3)C4)c(F)cc21. The fourth-order valence-corrected chi connectivity index (χ4v) is 5.79. The molecule has 0 radical (unpaired) electrons. The van der Waals surface area contributed by atoms with Crippen LogP contribution in [-0.4, -0.2) is 45.7 Å². The van der Waals surface area contributed by atoms with Crippen LogP contribution < -0.4 is 5.56 Å². The Balaban J connectivity index is 1.53. The van der Waals surface area contributed by atoms with Gasteiger partial charge in [-0.3, -0.25) is 9.59 Å². The van der Waals surface area contributed by atoms with E-state index in [1.807, 2.05) is 57.4 Å². The molecule has 6 rings (SSSR count). The van der Waals surface area contributed by atoms with Crippen LogP contribution in [0, 0.1) is 26.6 Å². The number of aromatic nitrogens is 6. The molecule has 0 N–H and O–H groups in total. The second-order valence-corrected chi connectivity index (χ2v) is 11.4. The van der Waals surface area contributed by atoms with Crippen LogP contribution in [0.15, 0.2) is 52.0 Å². The minimum Gasteiger partial charge on any atom is -0.331 e. The molecule has 3 aromatic heterocycles. The molecule has 1 aliphatic heterocycles. The van der Waals surface area contributed by atoms with Crippen LogP contribution in [0.4, 0.5) is 4.39 Å². The van der Waals surface area contributed by atoms with E-state index in [0.717, 1.165) is 21.4 Å².